The molecule has 0 amide bonds. The van der Waals surface area contributed by atoms with Gasteiger partial charge in [-0.3, -0.25) is 5.01 Å². The minimum absolute atomic E-state index is 0.145. The van der Waals surface area contributed by atoms with Gasteiger partial charge in [-0.25, -0.2) is 9.78 Å². The van der Waals surface area contributed by atoms with E-state index in [9.17, 15) is 4.79 Å². The van der Waals surface area contributed by atoms with E-state index >= 15 is 0 Å². The van der Waals surface area contributed by atoms with Crippen molar-refractivity contribution in [3.8, 4) is 17.4 Å². The van der Waals surface area contributed by atoms with Crippen LogP contribution in [0.15, 0.2) is 59.0 Å². The molecule has 10 nitrogen and oxygen atoms in total. The standard InChI is InChI=1S/C28H31N5O5/c1-18(2)36-28(34)38-27-23(17-35-3)26-22-15-21(11-12-24(22)30-25(26)16-29-27)37-20-9-7-19(8-10-20)31-32-33-13-5-4-6-14-33/h7-12,15-16,18,30H,4-6,13-14,17H2,1-3H3. The van der Waals surface area contributed by atoms with E-state index < -0.39 is 6.16 Å². The minimum atomic E-state index is -0.813. The van der Waals surface area contributed by atoms with Crippen LogP contribution in [-0.4, -0.2) is 47.4 Å². The number of hydrogen-bond donors (Lipinski definition) is 1. The van der Waals surface area contributed by atoms with Crippen LogP contribution < -0.4 is 9.47 Å². The molecule has 0 bridgehead atoms. The highest BCUT2D eigenvalue weighted by Gasteiger charge is 2.19. The molecule has 2 aromatic heterocycles. The number of pyridine rings is 1. The van der Waals surface area contributed by atoms with E-state index in [2.05, 4.69) is 20.3 Å². The van der Waals surface area contributed by atoms with E-state index in [1.165, 1.54) is 6.42 Å². The molecule has 38 heavy (non-hydrogen) atoms. The van der Waals surface area contributed by atoms with Gasteiger partial charge in [0.1, 0.15) is 11.5 Å². The molecule has 1 N–H and O–H groups in total. The molecule has 0 saturated carbocycles. The molecule has 0 spiro atoms. The number of methoxy groups -OCH3 is 1. The third-order valence-electron chi connectivity index (χ3n) is 6.16. The summed E-state index contributed by atoms with van der Waals surface area (Å²) in [6.07, 6.45) is 4.09. The van der Waals surface area contributed by atoms with Gasteiger partial charge < -0.3 is 23.9 Å². The van der Waals surface area contributed by atoms with E-state index in [1.54, 1.807) is 27.2 Å². The number of nitrogens with zero attached hydrogens (tertiary/aromatic N) is 4. The monoisotopic (exact) mass is 517 g/mol. The van der Waals surface area contributed by atoms with Gasteiger partial charge in [-0.15, -0.1) is 5.11 Å². The summed E-state index contributed by atoms with van der Waals surface area (Å²) in [6.45, 7) is 5.61. The average Bonchev–Trinajstić information content (AvgIpc) is 3.28. The van der Waals surface area contributed by atoms with Crippen molar-refractivity contribution in [2.45, 2.75) is 45.8 Å². The lowest BCUT2D eigenvalue weighted by atomic mass is 10.1. The molecule has 0 radical (unpaired) electrons. The van der Waals surface area contributed by atoms with Gasteiger partial charge in [0, 0.05) is 36.5 Å². The van der Waals surface area contributed by atoms with Crippen molar-refractivity contribution in [3.63, 3.8) is 0 Å². The largest absolute Gasteiger partial charge is 0.515 e. The van der Waals surface area contributed by atoms with Crippen molar-refractivity contribution in [2.75, 3.05) is 20.2 Å². The molecule has 1 aliphatic heterocycles. The SMILES string of the molecule is COCc1c(OC(=O)OC(C)C)ncc2[nH]c3ccc(Oc4ccc(N=NN5CCCCC5)cc4)cc3c12. The second-order valence-electron chi connectivity index (χ2n) is 9.41. The van der Waals surface area contributed by atoms with Crippen molar-refractivity contribution in [2.24, 2.45) is 10.3 Å². The van der Waals surface area contributed by atoms with Crippen molar-refractivity contribution >= 4 is 33.6 Å². The molecular formula is C28H31N5O5. The van der Waals surface area contributed by atoms with Gasteiger partial charge in [0.25, 0.3) is 0 Å². The third-order valence-corrected chi connectivity index (χ3v) is 6.16. The van der Waals surface area contributed by atoms with E-state index in [-0.39, 0.29) is 18.6 Å². The molecule has 4 aromatic rings. The molecule has 198 valence electrons. The lowest BCUT2D eigenvalue weighted by Crippen LogP contribution is -2.23. The maximum Gasteiger partial charge on any atom is 0.515 e. The average molecular weight is 518 g/mol. The molecule has 3 heterocycles. The fourth-order valence-corrected chi connectivity index (χ4v) is 4.45. The number of carbonyl (C=O) groups is 1. The Morgan fingerprint density at radius 3 is 2.55 bits per heavy atom. The van der Waals surface area contributed by atoms with Crippen LogP contribution in [0.4, 0.5) is 10.5 Å². The van der Waals surface area contributed by atoms with Gasteiger partial charge in [-0.1, -0.05) is 5.22 Å². The van der Waals surface area contributed by atoms with Crippen LogP contribution in [0, 0.1) is 0 Å². The highest BCUT2D eigenvalue weighted by atomic mass is 16.7. The number of hydrogen-bond acceptors (Lipinski definition) is 8. The van der Waals surface area contributed by atoms with Crippen LogP contribution in [0.2, 0.25) is 0 Å². The fraction of sp³-hybridized carbons (Fsp3) is 0.357. The Labute approximate surface area is 220 Å². The Hall–Kier alpha value is -4.18. The zero-order valence-corrected chi connectivity index (χ0v) is 21.8. The molecule has 2 aromatic carbocycles. The molecule has 0 aliphatic carbocycles. The maximum absolute atomic E-state index is 12.2. The quantitative estimate of drug-likeness (QED) is 0.197. The second kappa shape index (κ2) is 11.5. The molecule has 0 unspecified atom stereocenters. The van der Waals surface area contributed by atoms with Crippen LogP contribution in [0.3, 0.4) is 0 Å². The topological polar surface area (TPSA) is 111 Å². The highest BCUT2D eigenvalue weighted by Crippen LogP contribution is 2.36. The summed E-state index contributed by atoms with van der Waals surface area (Å²) < 4.78 is 22.1. The number of carbonyl (C=O) groups excluding carboxylic acids is 1. The van der Waals surface area contributed by atoms with Gasteiger partial charge in [-0.05, 0) is 75.6 Å². The Bertz CT molecular complexity index is 1440. The summed E-state index contributed by atoms with van der Waals surface area (Å²) in [5, 5.41) is 12.4. The van der Waals surface area contributed by atoms with E-state index in [4.69, 9.17) is 18.9 Å². The zero-order chi connectivity index (χ0) is 26.5. The smallest absolute Gasteiger partial charge is 0.457 e. The fourth-order valence-electron chi connectivity index (χ4n) is 4.45. The van der Waals surface area contributed by atoms with E-state index in [0.29, 0.717) is 17.1 Å². The van der Waals surface area contributed by atoms with Crippen molar-refractivity contribution in [1.29, 1.82) is 0 Å². The van der Waals surface area contributed by atoms with Gasteiger partial charge in [0.05, 0.1) is 35.7 Å². The van der Waals surface area contributed by atoms with Gasteiger partial charge in [-0.2, -0.15) is 0 Å². The summed E-state index contributed by atoms with van der Waals surface area (Å²) in [6, 6.07) is 13.3. The molecule has 1 aliphatic rings. The first kappa shape index (κ1) is 25.5. The first-order chi connectivity index (χ1) is 18.5. The zero-order valence-electron chi connectivity index (χ0n) is 21.8. The van der Waals surface area contributed by atoms with Crippen molar-refractivity contribution < 1.29 is 23.7 Å². The number of fused-ring (bicyclic) bond motifs is 3. The Morgan fingerprint density at radius 1 is 1.05 bits per heavy atom. The summed E-state index contributed by atoms with van der Waals surface area (Å²) >= 11 is 0. The van der Waals surface area contributed by atoms with E-state index in [1.807, 2.05) is 47.5 Å². The van der Waals surface area contributed by atoms with Crippen LogP contribution in [-0.2, 0) is 16.1 Å². The van der Waals surface area contributed by atoms with Gasteiger partial charge in [0.2, 0.25) is 5.88 Å². The number of aromatic nitrogens is 2. The van der Waals surface area contributed by atoms with Crippen LogP contribution >= 0.6 is 0 Å². The maximum atomic E-state index is 12.2. The molecule has 1 fully saturated rings. The number of aromatic amines is 1. The second-order valence-corrected chi connectivity index (χ2v) is 9.41. The third kappa shape index (κ3) is 5.86. The Balaban J connectivity index is 1.40. The van der Waals surface area contributed by atoms with Crippen LogP contribution in [0.25, 0.3) is 21.8 Å². The Kier molecular flexibility index (Phi) is 7.69. The number of piperidine rings is 1. The summed E-state index contributed by atoms with van der Waals surface area (Å²) in [5.41, 5.74) is 3.09. The van der Waals surface area contributed by atoms with Gasteiger partial charge in [0.15, 0.2) is 0 Å². The first-order valence-electron chi connectivity index (χ1n) is 12.8. The van der Waals surface area contributed by atoms with Crippen LogP contribution in [0.5, 0.6) is 17.4 Å². The lowest BCUT2D eigenvalue weighted by molar-refractivity contribution is 0.0705. The number of benzene rings is 2. The molecule has 10 heteroatoms. The van der Waals surface area contributed by atoms with E-state index in [0.717, 1.165) is 53.4 Å². The number of ether oxygens (including phenoxy) is 4. The molecule has 0 atom stereocenters. The number of H-pyrrole nitrogens is 1. The number of rotatable bonds is 8. The summed E-state index contributed by atoms with van der Waals surface area (Å²) in [4.78, 5) is 19.8. The summed E-state index contributed by atoms with van der Waals surface area (Å²) in [7, 11) is 1.58. The lowest BCUT2D eigenvalue weighted by Gasteiger charge is -2.21. The number of nitrogens with one attached hydrogen (secondary N) is 1. The molecule has 1 saturated heterocycles. The molecule has 5 rings (SSSR count). The van der Waals surface area contributed by atoms with Gasteiger partial charge >= 0.3 is 6.16 Å². The van der Waals surface area contributed by atoms with Crippen molar-refractivity contribution in [1.82, 2.24) is 15.0 Å². The van der Waals surface area contributed by atoms with Crippen molar-refractivity contribution in [3.05, 3.63) is 54.2 Å². The van der Waals surface area contributed by atoms with Crippen LogP contribution in [0.1, 0.15) is 38.7 Å². The molecular weight excluding hydrogens is 486 g/mol. The predicted octanol–water partition coefficient (Wildman–Crippen LogP) is 7.06. The normalized spacial score (nSPS) is 14.1. The summed E-state index contributed by atoms with van der Waals surface area (Å²) in [5.74, 6) is 1.48. The minimum Gasteiger partial charge on any atom is -0.457 e. The highest BCUT2D eigenvalue weighted by molar-refractivity contribution is 6.09. The first-order valence-corrected chi connectivity index (χ1v) is 12.8. The Morgan fingerprint density at radius 2 is 1.82 bits per heavy atom. The predicted molar refractivity (Wildman–Crippen MR) is 143 cm³/mol.